The van der Waals surface area contributed by atoms with E-state index < -0.39 is 6.03 Å². The summed E-state index contributed by atoms with van der Waals surface area (Å²) in [5.41, 5.74) is 7.39. The highest BCUT2D eigenvalue weighted by Crippen LogP contribution is 2.24. The van der Waals surface area contributed by atoms with Crippen molar-refractivity contribution in [2.75, 3.05) is 18.0 Å². The van der Waals surface area contributed by atoms with Crippen LogP contribution < -0.4 is 16.4 Å². The lowest BCUT2D eigenvalue weighted by Crippen LogP contribution is -2.40. The highest BCUT2D eigenvalue weighted by atomic mass is 32.2. The van der Waals surface area contributed by atoms with Gasteiger partial charge in [-0.25, -0.2) is 4.79 Å². The van der Waals surface area contributed by atoms with E-state index in [2.05, 4.69) is 10.6 Å². The fraction of sp³-hybridized carbons (Fsp3) is 0.333. The molecule has 98 valence electrons. The predicted octanol–water partition coefficient (Wildman–Crippen LogP) is 1.52. The maximum absolute atomic E-state index is 11.5. The van der Waals surface area contributed by atoms with Gasteiger partial charge in [0, 0.05) is 17.1 Å². The molecule has 0 saturated carbocycles. The van der Waals surface area contributed by atoms with Gasteiger partial charge < -0.3 is 11.1 Å². The molecule has 0 aromatic heterocycles. The Morgan fingerprint density at radius 3 is 2.78 bits per heavy atom. The molecule has 0 aliphatic rings. The van der Waals surface area contributed by atoms with Gasteiger partial charge in [-0.2, -0.15) is 0 Å². The molecule has 0 spiro atoms. The van der Waals surface area contributed by atoms with Gasteiger partial charge in [-0.3, -0.25) is 10.1 Å². The third kappa shape index (κ3) is 4.67. The number of carbonyl (C=O) groups excluding carboxylic acids is 2. The van der Waals surface area contributed by atoms with Crippen molar-refractivity contribution in [2.45, 2.75) is 18.7 Å². The Kier molecular flexibility index (Phi) is 5.51. The molecule has 0 saturated heterocycles. The number of rotatable bonds is 4. The number of benzene rings is 1. The van der Waals surface area contributed by atoms with Crippen molar-refractivity contribution in [2.24, 2.45) is 0 Å². The molecular formula is C12H17N3O2S. The van der Waals surface area contributed by atoms with Crippen molar-refractivity contribution in [3.63, 3.8) is 0 Å². The second-order valence-electron chi connectivity index (χ2n) is 3.72. The minimum atomic E-state index is -0.465. The summed E-state index contributed by atoms with van der Waals surface area (Å²) in [7, 11) is 0. The number of nitrogen functional groups attached to an aromatic ring is 1. The van der Waals surface area contributed by atoms with E-state index >= 15 is 0 Å². The van der Waals surface area contributed by atoms with Crippen molar-refractivity contribution < 1.29 is 9.59 Å². The van der Waals surface area contributed by atoms with Gasteiger partial charge in [0.1, 0.15) is 0 Å². The molecule has 0 fully saturated rings. The van der Waals surface area contributed by atoms with E-state index in [0.717, 1.165) is 10.5 Å². The van der Waals surface area contributed by atoms with Crippen LogP contribution in [0.4, 0.5) is 10.5 Å². The summed E-state index contributed by atoms with van der Waals surface area (Å²) in [5.74, 6) is -0.144. The fourth-order valence-electron chi connectivity index (χ4n) is 1.28. The van der Waals surface area contributed by atoms with Gasteiger partial charge in [-0.15, -0.1) is 11.8 Å². The summed E-state index contributed by atoms with van der Waals surface area (Å²) < 4.78 is 0. The molecule has 6 heteroatoms. The van der Waals surface area contributed by atoms with Gasteiger partial charge in [-0.1, -0.05) is 6.07 Å². The number of nitrogens with two attached hydrogens (primary N) is 1. The highest BCUT2D eigenvalue weighted by molar-refractivity contribution is 8.00. The maximum atomic E-state index is 11.5. The van der Waals surface area contributed by atoms with E-state index in [1.165, 1.54) is 11.8 Å². The number of thioether (sulfide) groups is 1. The number of urea groups is 1. The Labute approximate surface area is 111 Å². The number of aryl methyl sites for hydroxylation is 1. The zero-order valence-electron chi connectivity index (χ0n) is 10.4. The normalized spacial score (nSPS) is 9.89. The molecule has 0 atom stereocenters. The van der Waals surface area contributed by atoms with Crippen LogP contribution >= 0.6 is 11.8 Å². The third-order valence-corrected chi connectivity index (χ3v) is 3.32. The first-order chi connectivity index (χ1) is 8.52. The van der Waals surface area contributed by atoms with Crippen molar-refractivity contribution in [1.82, 2.24) is 10.6 Å². The lowest BCUT2D eigenvalue weighted by molar-refractivity contribution is -0.117. The Morgan fingerprint density at radius 2 is 2.11 bits per heavy atom. The molecule has 1 rings (SSSR count). The van der Waals surface area contributed by atoms with Gasteiger partial charge in [0.25, 0.3) is 0 Å². The molecular weight excluding hydrogens is 250 g/mol. The van der Waals surface area contributed by atoms with Crippen molar-refractivity contribution >= 4 is 29.4 Å². The number of hydrogen-bond acceptors (Lipinski definition) is 4. The van der Waals surface area contributed by atoms with Crippen LogP contribution in [0.25, 0.3) is 0 Å². The summed E-state index contributed by atoms with van der Waals surface area (Å²) in [6.07, 6.45) is 0. The van der Waals surface area contributed by atoms with E-state index in [-0.39, 0.29) is 11.7 Å². The number of nitrogens with one attached hydrogen (secondary N) is 2. The molecule has 0 heterocycles. The van der Waals surface area contributed by atoms with Gasteiger partial charge in [0.2, 0.25) is 5.91 Å². The van der Waals surface area contributed by atoms with Crippen LogP contribution in [0.3, 0.4) is 0 Å². The van der Waals surface area contributed by atoms with E-state index in [4.69, 9.17) is 5.73 Å². The van der Waals surface area contributed by atoms with Gasteiger partial charge >= 0.3 is 6.03 Å². The van der Waals surface area contributed by atoms with Crippen LogP contribution in [0, 0.1) is 6.92 Å². The van der Waals surface area contributed by atoms with Crippen molar-refractivity contribution in [1.29, 1.82) is 0 Å². The van der Waals surface area contributed by atoms with Crippen LogP contribution in [0.15, 0.2) is 23.1 Å². The second-order valence-corrected chi connectivity index (χ2v) is 4.74. The molecule has 0 bridgehead atoms. The molecule has 0 unspecified atom stereocenters. The van der Waals surface area contributed by atoms with Gasteiger partial charge in [-0.05, 0) is 31.5 Å². The first-order valence-electron chi connectivity index (χ1n) is 5.59. The highest BCUT2D eigenvalue weighted by Gasteiger charge is 2.08. The fourth-order valence-corrected chi connectivity index (χ4v) is 2.16. The summed E-state index contributed by atoms with van der Waals surface area (Å²) >= 11 is 1.36. The van der Waals surface area contributed by atoms with E-state index in [0.29, 0.717) is 12.2 Å². The molecule has 4 N–H and O–H groups in total. The summed E-state index contributed by atoms with van der Waals surface area (Å²) in [5, 5.41) is 4.74. The number of amides is 3. The molecule has 3 amide bonds. The van der Waals surface area contributed by atoms with Gasteiger partial charge in [0.05, 0.1) is 5.75 Å². The Balaban J connectivity index is 2.47. The van der Waals surface area contributed by atoms with E-state index in [1.54, 1.807) is 6.92 Å². The molecule has 0 radical (unpaired) electrons. The first-order valence-corrected chi connectivity index (χ1v) is 6.58. The molecule has 1 aromatic carbocycles. The zero-order chi connectivity index (χ0) is 13.5. The Hall–Kier alpha value is -1.69. The third-order valence-electron chi connectivity index (χ3n) is 2.16. The number of carbonyl (C=O) groups is 2. The lowest BCUT2D eigenvalue weighted by Gasteiger charge is -2.07. The second kappa shape index (κ2) is 6.90. The van der Waals surface area contributed by atoms with E-state index in [1.807, 2.05) is 25.1 Å². The molecule has 0 aliphatic heterocycles. The average molecular weight is 267 g/mol. The lowest BCUT2D eigenvalue weighted by atomic mass is 10.2. The minimum Gasteiger partial charge on any atom is -0.399 e. The largest absolute Gasteiger partial charge is 0.399 e. The number of anilines is 1. The topological polar surface area (TPSA) is 84.2 Å². The maximum Gasteiger partial charge on any atom is 0.321 e. The Morgan fingerprint density at radius 1 is 1.39 bits per heavy atom. The van der Waals surface area contributed by atoms with Crippen LogP contribution in [0.5, 0.6) is 0 Å². The summed E-state index contributed by atoms with van der Waals surface area (Å²) in [6.45, 7) is 4.22. The van der Waals surface area contributed by atoms with Crippen LogP contribution in [0.2, 0.25) is 0 Å². The van der Waals surface area contributed by atoms with E-state index in [9.17, 15) is 9.59 Å². The van der Waals surface area contributed by atoms with Crippen molar-refractivity contribution in [3.05, 3.63) is 23.8 Å². The molecule has 18 heavy (non-hydrogen) atoms. The molecule has 5 nitrogen and oxygen atoms in total. The summed E-state index contributed by atoms with van der Waals surface area (Å²) in [6, 6.07) is 5.07. The minimum absolute atomic E-state index is 0.182. The average Bonchev–Trinajstić information content (AvgIpc) is 2.30. The number of hydrogen-bond donors (Lipinski definition) is 3. The standard InChI is InChI=1S/C12H17N3O2S/c1-3-14-12(17)15-11(16)7-18-10-6-9(13)5-4-8(10)2/h4-6H,3,7,13H2,1-2H3,(H2,14,15,16,17). The first kappa shape index (κ1) is 14.4. The molecule has 1 aromatic rings. The van der Waals surface area contributed by atoms with Crippen LogP contribution in [-0.4, -0.2) is 24.2 Å². The zero-order valence-corrected chi connectivity index (χ0v) is 11.3. The predicted molar refractivity (Wildman–Crippen MR) is 73.5 cm³/mol. The number of imide groups is 1. The van der Waals surface area contributed by atoms with Crippen molar-refractivity contribution in [3.8, 4) is 0 Å². The molecule has 0 aliphatic carbocycles. The quantitative estimate of drug-likeness (QED) is 0.570. The SMILES string of the molecule is CCNC(=O)NC(=O)CSc1cc(N)ccc1C. The van der Waals surface area contributed by atoms with Gasteiger partial charge in [0.15, 0.2) is 0 Å². The smallest absolute Gasteiger partial charge is 0.321 e. The Bertz CT molecular complexity index is 449. The summed E-state index contributed by atoms with van der Waals surface area (Å²) in [4.78, 5) is 23.5. The monoisotopic (exact) mass is 267 g/mol. The van der Waals surface area contributed by atoms with Crippen LogP contribution in [0.1, 0.15) is 12.5 Å². The van der Waals surface area contributed by atoms with Crippen LogP contribution in [-0.2, 0) is 4.79 Å².